The predicted molar refractivity (Wildman–Crippen MR) is 95.3 cm³/mol. The Morgan fingerprint density at radius 2 is 1.92 bits per heavy atom. The largest absolute Gasteiger partial charge is 0.493 e. The van der Waals surface area contributed by atoms with Gasteiger partial charge >= 0.3 is 0 Å². The maximum Gasteiger partial charge on any atom is 0.216 e. The normalized spacial score (nSPS) is 11.0. The van der Waals surface area contributed by atoms with Gasteiger partial charge in [-0.2, -0.15) is 14.9 Å². The van der Waals surface area contributed by atoms with Crippen molar-refractivity contribution in [3.8, 4) is 22.9 Å². The number of rotatable bonds is 5. The van der Waals surface area contributed by atoms with E-state index < -0.39 is 0 Å². The smallest absolute Gasteiger partial charge is 0.216 e. The first kappa shape index (κ1) is 16.8. The zero-order valence-electron chi connectivity index (χ0n) is 13.6. The van der Waals surface area contributed by atoms with Crippen molar-refractivity contribution in [3.63, 3.8) is 0 Å². The third kappa shape index (κ3) is 3.43. The first-order valence-electron chi connectivity index (χ1n) is 7.32. The molecule has 0 spiro atoms. The number of para-hydroxylation sites is 1. The van der Waals surface area contributed by atoms with Gasteiger partial charge in [0, 0.05) is 11.1 Å². The number of hydrogen-bond donors (Lipinski definition) is 1. The summed E-state index contributed by atoms with van der Waals surface area (Å²) in [6.45, 7) is 0. The van der Waals surface area contributed by atoms with Crippen molar-refractivity contribution in [2.24, 2.45) is 5.10 Å². The van der Waals surface area contributed by atoms with Crippen LogP contribution < -0.4 is 9.47 Å². The summed E-state index contributed by atoms with van der Waals surface area (Å²) in [5, 5.41) is 11.2. The van der Waals surface area contributed by atoms with Gasteiger partial charge in [0.05, 0.1) is 20.4 Å². The van der Waals surface area contributed by atoms with E-state index in [0.29, 0.717) is 27.7 Å². The van der Waals surface area contributed by atoms with Gasteiger partial charge < -0.3 is 9.47 Å². The highest BCUT2D eigenvalue weighted by Gasteiger charge is 2.10. The Kier molecular flexibility index (Phi) is 4.90. The fraction of sp³-hybridized carbons (Fsp3) is 0.118. The highest BCUT2D eigenvalue weighted by Crippen LogP contribution is 2.29. The second kappa shape index (κ2) is 7.27. The van der Waals surface area contributed by atoms with E-state index in [2.05, 4.69) is 15.3 Å². The summed E-state index contributed by atoms with van der Waals surface area (Å²) in [6, 6.07) is 11.4. The number of nitrogens with one attached hydrogen (secondary N) is 1. The number of nitrogens with zero attached hydrogens (tertiary/aromatic N) is 3. The average Bonchev–Trinajstić information content (AvgIpc) is 3.00. The van der Waals surface area contributed by atoms with Crippen LogP contribution in [0.3, 0.4) is 0 Å². The van der Waals surface area contributed by atoms with Crippen molar-refractivity contribution in [1.29, 1.82) is 0 Å². The Bertz CT molecular complexity index is 964. The van der Waals surface area contributed by atoms with Gasteiger partial charge in [-0.15, -0.1) is 0 Å². The lowest BCUT2D eigenvalue weighted by molar-refractivity contribution is 0.354. The van der Waals surface area contributed by atoms with E-state index in [1.807, 2.05) is 12.1 Å². The van der Waals surface area contributed by atoms with E-state index in [-0.39, 0.29) is 5.82 Å². The summed E-state index contributed by atoms with van der Waals surface area (Å²) < 4.78 is 25.6. The molecule has 0 bridgehead atoms. The van der Waals surface area contributed by atoms with Crippen LogP contribution in [0.25, 0.3) is 11.4 Å². The van der Waals surface area contributed by atoms with Gasteiger partial charge in [-0.25, -0.2) is 9.49 Å². The zero-order chi connectivity index (χ0) is 17.8. The average molecular weight is 358 g/mol. The monoisotopic (exact) mass is 358 g/mol. The Balaban J connectivity index is 2.02. The second-order valence-electron chi connectivity index (χ2n) is 5.00. The van der Waals surface area contributed by atoms with Crippen molar-refractivity contribution in [2.75, 3.05) is 14.2 Å². The molecule has 0 aliphatic heterocycles. The van der Waals surface area contributed by atoms with E-state index in [0.717, 1.165) is 5.56 Å². The van der Waals surface area contributed by atoms with Crippen molar-refractivity contribution < 1.29 is 13.9 Å². The topological polar surface area (TPSA) is 64.4 Å². The van der Waals surface area contributed by atoms with Crippen LogP contribution in [0, 0.1) is 10.6 Å². The van der Waals surface area contributed by atoms with Crippen molar-refractivity contribution in [3.05, 3.63) is 58.6 Å². The Hall–Kier alpha value is -3.00. The number of aromatic amines is 1. The molecule has 2 aromatic carbocycles. The minimum atomic E-state index is -0.325. The molecule has 0 amide bonds. The van der Waals surface area contributed by atoms with Crippen LogP contribution in [0.4, 0.5) is 4.39 Å². The van der Waals surface area contributed by atoms with Crippen LogP contribution in [0.2, 0.25) is 0 Å². The van der Waals surface area contributed by atoms with E-state index >= 15 is 0 Å². The van der Waals surface area contributed by atoms with E-state index in [1.165, 1.54) is 16.8 Å². The molecule has 0 atom stereocenters. The number of benzene rings is 2. The molecular weight excluding hydrogens is 343 g/mol. The number of methoxy groups -OCH3 is 2. The van der Waals surface area contributed by atoms with E-state index in [1.54, 1.807) is 38.6 Å². The van der Waals surface area contributed by atoms with Gasteiger partial charge in [-0.05, 0) is 48.6 Å². The molecule has 1 heterocycles. The van der Waals surface area contributed by atoms with Crippen LogP contribution in [0.15, 0.2) is 47.6 Å². The van der Waals surface area contributed by atoms with Gasteiger partial charge in [-0.1, -0.05) is 6.07 Å². The molecule has 0 aliphatic rings. The van der Waals surface area contributed by atoms with Crippen molar-refractivity contribution >= 4 is 18.4 Å². The lowest BCUT2D eigenvalue weighted by Gasteiger charge is -2.09. The van der Waals surface area contributed by atoms with E-state index in [9.17, 15) is 4.39 Å². The predicted octanol–water partition coefficient (Wildman–Crippen LogP) is 3.65. The molecule has 0 aliphatic carbocycles. The molecule has 3 rings (SSSR count). The minimum Gasteiger partial charge on any atom is -0.493 e. The summed E-state index contributed by atoms with van der Waals surface area (Å²) in [5.74, 6) is 1.31. The molecule has 1 aromatic heterocycles. The number of ether oxygens (including phenoxy) is 2. The summed E-state index contributed by atoms with van der Waals surface area (Å²) in [4.78, 5) is 0. The SMILES string of the molecule is COc1cccc(/C=N/n2c(-c3ccc(F)cc3)n[nH]c2=S)c1OC. The summed E-state index contributed by atoms with van der Waals surface area (Å²) in [7, 11) is 3.13. The summed E-state index contributed by atoms with van der Waals surface area (Å²) in [5.41, 5.74) is 1.40. The highest BCUT2D eigenvalue weighted by atomic mass is 32.1. The molecule has 1 N–H and O–H groups in total. The lowest BCUT2D eigenvalue weighted by atomic mass is 10.2. The first-order chi connectivity index (χ1) is 12.1. The third-order valence-electron chi connectivity index (χ3n) is 3.50. The fourth-order valence-electron chi connectivity index (χ4n) is 2.32. The lowest BCUT2D eigenvalue weighted by Crippen LogP contribution is -1.98. The Morgan fingerprint density at radius 1 is 1.16 bits per heavy atom. The standard InChI is InChI=1S/C17H15FN4O2S/c1-23-14-5-3-4-12(15(14)24-2)10-19-22-16(20-21-17(22)25)11-6-8-13(18)9-7-11/h3-10H,1-2H3,(H,21,25)/b19-10+. The number of H-pyrrole nitrogens is 1. The van der Waals surface area contributed by atoms with Gasteiger partial charge in [0.15, 0.2) is 17.3 Å². The number of hydrogen-bond acceptors (Lipinski definition) is 5. The summed E-state index contributed by atoms with van der Waals surface area (Å²) >= 11 is 5.23. The Labute approximate surface area is 148 Å². The molecule has 0 radical (unpaired) electrons. The van der Waals surface area contributed by atoms with Crippen molar-refractivity contribution in [1.82, 2.24) is 14.9 Å². The zero-order valence-corrected chi connectivity index (χ0v) is 14.4. The van der Waals surface area contributed by atoms with Crippen LogP contribution in [0.1, 0.15) is 5.56 Å². The molecule has 6 nitrogen and oxygen atoms in total. The quantitative estimate of drug-likeness (QED) is 0.559. The number of halogens is 1. The molecule has 0 saturated carbocycles. The van der Waals surface area contributed by atoms with Gasteiger partial charge in [0.2, 0.25) is 4.77 Å². The van der Waals surface area contributed by atoms with Gasteiger partial charge in [-0.3, -0.25) is 0 Å². The molecule has 25 heavy (non-hydrogen) atoms. The van der Waals surface area contributed by atoms with E-state index in [4.69, 9.17) is 21.7 Å². The van der Waals surface area contributed by atoms with Crippen LogP contribution in [-0.4, -0.2) is 35.3 Å². The van der Waals surface area contributed by atoms with Gasteiger partial charge in [0.1, 0.15) is 5.82 Å². The van der Waals surface area contributed by atoms with Crippen LogP contribution in [0.5, 0.6) is 11.5 Å². The highest BCUT2D eigenvalue weighted by molar-refractivity contribution is 7.71. The molecule has 0 unspecified atom stereocenters. The molecule has 0 saturated heterocycles. The molecule has 8 heteroatoms. The Morgan fingerprint density at radius 3 is 2.60 bits per heavy atom. The molecule has 3 aromatic rings. The summed E-state index contributed by atoms with van der Waals surface area (Å²) in [6.07, 6.45) is 1.60. The number of aromatic nitrogens is 3. The van der Waals surface area contributed by atoms with Crippen molar-refractivity contribution in [2.45, 2.75) is 0 Å². The molecular formula is C17H15FN4O2S. The second-order valence-corrected chi connectivity index (χ2v) is 5.39. The molecule has 0 fully saturated rings. The van der Waals surface area contributed by atoms with Gasteiger partial charge in [0.25, 0.3) is 0 Å². The minimum absolute atomic E-state index is 0.317. The first-order valence-corrected chi connectivity index (χ1v) is 7.73. The van der Waals surface area contributed by atoms with Crippen LogP contribution in [-0.2, 0) is 0 Å². The fourth-order valence-corrected chi connectivity index (χ4v) is 2.50. The third-order valence-corrected chi connectivity index (χ3v) is 3.76. The van der Waals surface area contributed by atoms with Crippen LogP contribution >= 0.6 is 12.2 Å². The molecule has 128 valence electrons. The maximum absolute atomic E-state index is 13.1. The maximum atomic E-state index is 13.1.